The first-order chi connectivity index (χ1) is 19.9. The van der Waals surface area contributed by atoms with Gasteiger partial charge in [-0.05, 0) is 77.6 Å². The number of halogens is 1. The Labute approximate surface area is 243 Å². The van der Waals surface area contributed by atoms with Crippen LogP contribution in [0.4, 0.5) is 4.39 Å². The van der Waals surface area contributed by atoms with Gasteiger partial charge in [0.1, 0.15) is 16.5 Å². The molecule has 0 saturated carbocycles. The van der Waals surface area contributed by atoms with Gasteiger partial charge in [-0.1, -0.05) is 70.2 Å². The molecule has 0 bridgehead atoms. The number of imidazole rings is 1. The highest BCUT2D eigenvalue weighted by Gasteiger charge is 2.23. The van der Waals surface area contributed by atoms with Crippen LogP contribution in [-0.4, -0.2) is 14.5 Å². The van der Waals surface area contributed by atoms with Crippen molar-refractivity contribution in [2.45, 2.75) is 39.5 Å². The van der Waals surface area contributed by atoms with Gasteiger partial charge in [0.2, 0.25) is 0 Å². The Morgan fingerprint density at radius 1 is 0.683 bits per heavy atom. The zero-order valence-corrected chi connectivity index (χ0v) is 24.3. The minimum atomic E-state index is -0.246. The minimum absolute atomic E-state index is 0.246. The fraction of sp³-hybridized carbons (Fsp3) is 0.167. The molecule has 0 atom stereocenters. The summed E-state index contributed by atoms with van der Waals surface area (Å²) in [6.07, 6.45) is 0. The van der Waals surface area contributed by atoms with E-state index in [9.17, 15) is 4.39 Å². The third-order valence-electron chi connectivity index (χ3n) is 7.87. The van der Waals surface area contributed by atoms with Crippen molar-refractivity contribution in [3.63, 3.8) is 0 Å². The summed E-state index contributed by atoms with van der Waals surface area (Å²) >= 11 is 1.69. The molecule has 3 nitrogen and oxygen atoms in total. The number of fused-ring (bicyclic) bond motifs is 4. The summed E-state index contributed by atoms with van der Waals surface area (Å²) in [6.45, 7) is 9.05. The number of hydrogen-bond acceptors (Lipinski definition) is 3. The van der Waals surface area contributed by atoms with Crippen LogP contribution in [0, 0.1) is 5.82 Å². The minimum Gasteiger partial charge on any atom is -0.292 e. The van der Waals surface area contributed by atoms with E-state index in [1.807, 2.05) is 6.07 Å². The van der Waals surface area contributed by atoms with Crippen LogP contribution in [0.15, 0.2) is 97.1 Å². The molecule has 0 aliphatic carbocycles. The van der Waals surface area contributed by atoms with Gasteiger partial charge in [-0.3, -0.25) is 4.57 Å². The second-order valence-electron chi connectivity index (χ2n) is 11.2. The van der Waals surface area contributed by atoms with Crippen molar-refractivity contribution in [1.29, 1.82) is 0 Å². The quantitative estimate of drug-likeness (QED) is 0.211. The highest BCUT2D eigenvalue weighted by Crippen LogP contribution is 2.43. The molecule has 3 heterocycles. The van der Waals surface area contributed by atoms with Crippen LogP contribution in [0.25, 0.3) is 59.7 Å². The lowest BCUT2D eigenvalue weighted by Crippen LogP contribution is -2.08. The Balaban J connectivity index is 1.52. The van der Waals surface area contributed by atoms with Gasteiger partial charge in [-0.15, -0.1) is 11.3 Å². The van der Waals surface area contributed by atoms with E-state index in [1.165, 1.54) is 34.3 Å². The Morgan fingerprint density at radius 2 is 1.39 bits per heavy atom. The lowest BCUT2D eigenvalue weighted by molar-refractivity contribution is 0.628. The molecule has 7 aromatic rings. The number of nitrogens with zero attached hydrogens (tertiary/aromatic N) is 3. The molecule has 0 spiro atoms. The van der Waals surface area contributed by atoms with E-state index in [-0.39, 0.29) is 5.82 Å². The molecule has 41 heavy (non-hydrogen) atoms. The molecule has 4 aromatic carbocycles. The fourth-order valence-corrected chi connectivity index (χ4v) is 7.02. The van der Waals surface area contributed by atoms with Gasteiger partial charge < -0.3 is 0 Å². The maximum Gasteiger partial charge on any atom is 0.147 e. The van der Waals surface area contributed by atoms with Gasteiger partial charge in [0.15, 0.2) is 0 Å². The van der Waals surface area contributed by atoms with Crippen molar-refractivity contribution in [2.24, 2.45) is 0 Å². The van der Waals surface area contributed by atoms with Gasteiger partial charge in [-0.25, -0.2) is 14.4 Å². The zero-order valence-electron chi connectivity index (χ0n) is 23.5. The summed E-state index contributed by atoms with van der Waals surface area (Å²) in [7, 11) is 0. The normalized spacial score (nSPS) is 12.0. The Kier molecular flexibility index (Phi) is 6.20. The summed E-state index contributed by atoms with van der Waals surface area (Å²) in [5, 5.41) is 2.28. The zero-order chi connectivity index (χ0) is 28.2. The average molecular weight is 556 g/mol. The standard InChI is InChI=1S/C36H30FN3S/c1-21(2)25-9-7-10-26(22(3)4)33(25)40-32-14-6-5-13-31(32)38-35(40)29-12-8-11-27-28-19-20-30(39-36(28)41-34(27)29)23-15-17-24(37)18-16-23/h5-22H,1-4H3. The highest BCUT2D eigenvalue weighted by molar-refractivity contribution is 7.26. The molecule has 0 fully saturated rings. The second-order valence-corrected chi connectivity index (χ2v) is 12.2. The first kappa shape index (κ1) is 25.6. The SMILES string of the molecule is CC(C)c1cccc(C(C)C)c1-n1c(-c2cccc3c2sc2nc(-c4ccc(F)cc4)ccc23)nc2ccccc21. The van der Waals surface area contributed by atoms with Gasteiger partial charge >= 0.3 is 0 Å². The highest BCUT2D eigenvalue weighted by atomic mass is 32.1. The number of pyridine rings is 1. The molecule has 0 amide bonds. The van der Waals surface area contributed by atoms with Gasteiger partial charge in [-0.2, -0.15) is 0 Å². The number of para-hydroxylation sites is 3. The van der Waals surface area contributed by atoms with Crippen molar-refractivity contribution >= 4 is 42.7 Å². The fourth-order valence-electron chi connectivity index (χ4n) is 5.84. The molecule has 0 aliphatic heterocycles. The first-order valence-electron chi connectivity index (χ1n) is 14.1. The van der Waals surface area contributed by atoms with Gasteiger partial charge in [0.05, 0.1) is 22.4 Å². The topological polar surface area (TPSA) is 30.7 Å². The van der Waals surface area contributed by atoms with Crippen LogP contribution in [0.3, 0.4) is 0 Å². The number of hydrogen-bond donors (Lipinski definition) is 0. The van der Waals surface area contributed by atoms with E-state index in [0.717, 1.165) is 48.6 Å². The van der Waals surface area contributed by atoms with E-state index in [2.05, 4.69) is 99.0 Å². The van der Waals surface area contributed by atoms with Crippen LogP contribution in [0.1, 0.15) is 50.7 Å². The first-order valence-corrected chi connectivity index (χ1v) is 14.9. The van der Waals surface area contributed by atoms with Crippen molar-refractivity contribution in [1.82, 2.24) is 14.5 Å². The molecule has 0 N–H and O–H groups in total. The van der Waals surface area contributed by atoms with E-state index in [1.54, 1.807) is 23.5 Å². The van der Waals surface area contributed by atoms with Crippen molar-refractivity contribution in [2.75, 3.05) is 0 Å². The lowest BCUT2D eigenvalue weighted by atomic mass is 9.92. The average Bonchev–Trinajstić information content (AvgIpc) is 3.55. The second kappa shape index (κ2) is 9.93. The predicted octanol–water partition coefficient (Wildman–Crippen LogP) is 10.5. The monoisotopic (exact) mass is 555 g/mol. The summed E-state index contributed by atoms with van der Waals surface area (Å²) in [5.41, 5.74) is 8.78. The Hall–Kier alpha value is -4.35. The Morgan fingerprint density at radius 3 is 2.12 bits per heavy atom. The van der Waals surface area contributed by atoms with Gasteiger partial charge in [0.25, 0.3) is 0 Å². The van der Waals surface area contributed by atoms with Crippen molar-refractivity contribution in [3.8, 4) is 28.3 Å². The van der Waals surface area contributed by atoms with E-state index < -0.39 is 0 Å². The number of aromatic nitrogens is 3. The van der Waals surface area contributed by atoms with Crippen LogP contribution in [-0.2, 0) is 0 Å². The maximum atomic E-state index is 13.5. The summed E-state index contributed by atoms with van der Waals surface area (Å²) in [5.74, 6) is 1.40. The van der Waals surface area contributed by atoms with E-state index >= 15 is 0 Å². The van der Waals surface area contributed by atoms with Crippen LogP contribution >= 0.6 is 11.3 Å². The molecule has 0 unspecified atom stereocenters. The van der Waals surface area contributed by atoms with E-state index in [0.29, 0.717) is 11.8 Å². The number of benzene rings is 4. The molecular weight excluding hydrogens is 525 g/mol. The molecule has 202 valence electrons. The largest absolute Gasteiger partial charge is 0.292 e. The van der Waals surface area contributed by atoms with Crippen molar-refractivity contribution < 1.29 is 4.39 Å². The smallest absolute Gasteiger partial charge is 0.147 e. The van der Waals surface area contributed by atoms with Gasteiger partial charge in [0, 0.05) is 26.6 Å². The van der Waals surface area contributed by atoms with Crippen LogP contribution in [0.5, 0.6) is 0 Å². The van der Waals surface area contributed by atoms with Crippen LogP contribution < -0.4 is 0 Å². The third kappa shape index (κ3) is 4.23. The summed E-state index contributed by atoms with van der Waals surface area (Å²) in [4.78, 5) is 11.2. The molecule has 0 aliphatic rings. The maximum absolute atomic E-state index is 13.5. The third-order valence-corrected chi connectivity index (χ3v) is 9.02. The number of thiophene rings is 1. The molecular formula is C36H30FN3S. The number of rotatable bonds is 5. The lowest BCUT2D eigenvalue weighted by Gasteiger charge is -2.22. The van der Waals surface area contributed by atoms with Crippen molar-refractivity contribution in [3.05, 3.63) is 114 Å². The summed E-state index contributed by atoms with van der Waals surface area (Å²) < 4.78 is 17.1. The molecule has 5 heteroatoms. The van der Waals surface area contributed by atoms with E-state index in [4.69, 9.17) is 9.97 Å². The predicted molar refractivity (Wildman–Crippen MR) is 171 cm³/mol. The summed E-state index contributed by atoms with van der Waals surface area (Å²) in [6, 6.07) is 32.3. The molecule has 3 aromatic heterocycles. The Bertz CT molecular complexity index is 2040. The van der Waals surface area contributed by atoms with Crippen LogP contribution in [0.2, 0.25) is 0 Å². The molecule has 0 radical (unpaired) electrons. The molecule has 7 rings (SSSR count). The molecule has 0 saturated heterocycles.